The van der Waals surface area contributed by atoms with E-state index in [0.717, 1.165) is 33.8 Å². The Morgan fingerprint density at radius 3 is 2.28 bits per heavy atom. The Kier molecular flexibility index (Phi) is 7.17. The molecule has 9 heteroatoms. The zero-order valence-corrected chi connectivity index (χ0v) is 20.7. The SMILES string of the molecule is Cc1nn(-c2ccc(CCNC(=O)NS(=O)(=O)c3ccc(C#N)cc3)cc2)c(C)c1-c1ccccc1. The lowest BCUT2D eigenvalue weighted by Gasteiger charge is -2.10. The number of carbonyl (C=O) groups excluding carboxylic acids is 1. The molecule has 0 saturated heterocycles. The molecule has 182 valence electrons. The van der Waals surface area contributed by atoms with Gasteiger partial charge in [-0.05, 0) is 67.8 Å². The molecule has 1 heterocycles. The number of nitriles is 1. The van der Waals surface area contributed by atoms with Crippen molar-refractivity contribution in [3.63, 3.8) is 0 Å². The summed E-state index contributed by atoms with van der Waals surface area (Å²) in [5.41, 5.74) is 6.49. The molecule has 0 spiro atoms. The normalized spacial score (nSPS) is 11.0. The summed E-state index contributed by atoms with van der Waals surface area (Å²) in [4.78, 5) is 12.0. The van der Waals surface area contributed by atoms with Crippen LogP contribution in [0.25, 0.3) is 16.8 Å². The quantitative estimate of drug-likeness (QED) is 0.394. The second-order valence-corrected chi connectivity index (χ2v) is 9.92. The number of aromatic nitrogens is 2. The van der Waals surface area contributed by atoms with Gasteiger partial charge in [0.25, 0.3) is 10.0 Å². The Morgan fingerprint density at radius 1 is 0.972 bits per heavy atom. The van der Waals surface area contributed by atoms with Gasteiger partial charge in [0.2, 0.25) is 0 Å². The van der Waals surface area contributed by atoms with E-state index in [1.165, 1.54) is 24.3 Å². The van der Waals surface area contributed by atoms with Crippen LogP contribution in [0.15, 0.2) is 83.8 Å². The van der Waals surface area contributed by atoms with E-state index in [1.54, 1.807) is 0 Å². The van der Waals surface area contributed by atoms with E-state index in [4.69, 9.17) is 10.4 Å². The monoisotopic (exact) mass is 499 g/mol. The van der Waals surface area contributed by atoms with Gasteiger partial charge in [0, 0.05) is 17.8 Å². The van der Waals surface area contributed by atoms with Crippen molar-refractivity contribution in [3.05, 3.63) is 101 Å². The fourth-order valence-corrected chi connectivity index (χ4v) is 4.90. The number of nitrogens with zero attached hydrogens (tertiary/aromatic N) is 3. The van der Waals surface area contributed by atoms with Gasteiger partial charge in [-0.3, -0.25) is 0 Å². The minimum atomic E-state index is -4.02. The van der Waals surface area contributed by atoms with Crippen LogP contribution in [0.1, 0.15) is 22.5 Å². The first-order valence-electron chi connectivity index (χ1n) is 11.3. The fraction of sp³-hybridized carbons (Fsp3) is 0.148. The van der Waals surface area contributed by atoms with Crippen LogP contribution in [0, 0.1) is 25.2 Å². The van der Waals surface area contributed by atoms with Crippen LogP contribution in [0.5, 0.6) is 0 Å². The number of rotatable bonds is 7. The Labute approximate surface area is 210 Å². The summed E-state index contributed by atoms with van der Waals surface area (Å²) < 4.78 is 28.6. The van der Waals surface area contributed by atoms with Gasteiger partial charge in [-0.25, -0.2) is 22.6 Å². The number of carbonyl (C=O) groups is 1. The number of urea groups is 1. The van der Waals surface area contributed by atoms with Crippen molar-refractivity contribution in [1.82, 2.24) is 19.8 Å². The molecule has 0 unspecified atom stereocenters. The van der Waals surface area contributed by atoms with Gasteiger partial charge in [-0.2, -0.15) is 10.4 Å². The van der Waals surface area contributed by atoms with Crippen LogP contribution in [0.4, 0.5) is 4.79 Å². The van der Waals surface area contributed by atoms with Crippen molar-refractivity contribution in [2.45, 2.75) is 25.2 Å². The Bertz CT molecular complexity index is 1520. The summed E-state index contributed by atoms with van der Waals surface area (Å²) in [5.74, 6) is 0. The maximum absolute atomic E-state index is 12.3. The predicted molar refractivity (Wildman–Crippen MR) is 137 cm³/mol. The van der Waals surface area contributed by atoms with Crippen LogP contribution < -0.4 is 10.0 Å². The number of nitrogens with one attached hydrogen (secondary N) is 2. The van der Waals surface area contributed by atoms with Crippen molar-refractivity contribution in [3.8, 4) is 22.9 Å². The first-order valence-corrected chi connectivity index (χ1v) is 12.8. The average molecular weight is 500 g/mol. The third kappa shape index (κ3) is 5.45. The fourth-order valence-electron chi connectivity index (χ4n) is 3.97. The van der Waals surface area contributed by atoms with Crippen molar-refractivity contribution >= 4 is 16.1 Å². The van der Waals surface area contributed by atoms with Gasteiger partial charge in [0.15, 0.2) is 0 Å². The molecule has 0 aliphatic rings. The number of hydrogen-bond acceptors (Lipinski definition) is 5. The topological polar surface area (TPSA) is 117 Å². The zero-order valence-electron chi connectivity index (χ0n) is 19.9. The highest BCUT2D eigenvalue weighted by atomic mass is 32.2. The summed E-state index contributed by atoms with van der Waals surface area (Å²) in [6.07, 6.45) is 0.525. The van der Waals surface area contributed by atoms with Crippen LogP contribution >= 0.6 is 0 Å². The molecule has 36 heavy (non-hydrogen) atoms. The molecule has 0 radical (unpaired) electrons. The Hall–Kier alpha value is -4.42. The maximum atomic E-state index is 12.3. The molecule has 0 saturated carbocycles. The van der Waals surface area contributed by atoms with E-state index in [1.807, 2.05) is 71.8 Å². The van der Waals surface area contributed by atoms with Gasteiger partial charge in [-0.1, -0.05) is 42.5 Å². The summed E-state index contributed by atoms with van der Waals surface area (Å²) in [5, 5.41) is 16.1. The van der Waals surface area contributed by atoms with Crippen LogP contribution in [0.2, 0.25) is 0 Å². The molecule has 0 fully saturated rings. The number of aryl methyl sites for hydroxylation is 1. The number of benzene rings is 3. The number of hydrogen-bond donors (Lipinski definition) is 2. The Morgan fingerprint density at radius 2 is 1.64 bits per heavy atom. The molecule has 3 aromatic carbocycles. The first kappa shape index (κ1) is 24.7. The lowest BCUT2D eigenvalue weighted by molar-refractivity contribution is 0.246. The van der Waals surface area contributed by atoms with Crippen LogP contribution in [-0.2, 0) is 16.4 Å². The third-order valence-electron chi connectivity index (χ3n) is 5.75. The van der Waals surface area contributed by atoms with Gasteiger partial charge in [0.05, 0.1) is 27.9 Å². The highest BCUT2D eigenvalue weighted by Crippen LogP contribution is 2.28. The van der Waals surface area contributed by atoms with E-state index in [9.17, 15) is 13.2 Å². The molecule has 0 aliphatic heterocycles. The smallest absolute Gasteiger partial charge is 0.328 e. The summed E-state index contributed by atoms with van der Waals surface area (Å²) >= 11 is 0. The predicted octanol–water partition coefficient (Wildman–Crippen LogP) is 4.26. The van der Waals surface area contributed by atoms with Crippen molar-refractivity contribution in [1.29, 1.82) is 5.26 Å². The van der Waals surface area contributed by atoms with Crippen LogP contribution in [-0.4, -0.2) is 30.8 Å². The second kappa shape index (κ2) is 10.5. The second-order valence-electron chi connectivity index (χ2n) is 8.24. The average Bonchev–Trinajstić information content (AvgIpc) is 3.18. The molecule has 0 bridgehead atoms. The van der Waals surface area contributed by atoms with Crippen LogP contribution in [0.3, 0.4) is 0 Å². The Balaban J connectivity index is 1.35. The van der Waals surface area contributed by atoms with Gasteiger partial charge in [0.1, 0.15) is 0 Å². The lowest BCUT2D eigenvalue weighted by Crippen LogP contribution is -2.40. The van der Waals surface area contributed by atoms with Crippen molar-refractivity contribution in [2.24, 2.45) is 0 Å². The number of amides is 2. The minimum absolute atomic E-state index is 0.0909. The van der Waals surface area contributed by atoms with Crippen molar-refractivity contribution < 1.29 is 13.2 Å². The maximum Gasteiger partial charge on any atom is 0.328 e. The summed E-state index contributed by atoms with van der Waals surface area (Å²) in [6, 6.07) is 24.4. The molecular formula is C27H25N5O3S. The molecule has 2 N–H and O–H groups in total. The van der Waals surface area contributed by atoms with Gasteiger partial charge in [-0.15, -0.1) is 0 Å². The van der Waals surface area contributed by atoms with E-state index in [2.05, 4.69) is 17.4 Å². The molecular weight excluding hydrogens is 474 g/mol. The first-order chi connectivity index (χ1) is 17.3. The largest absolute Gasteiger partial charge is 0.337 e. The molecule has 4 rings (SSSR count). The van der Waals surface area contributed by atoms with E-state index < -0.39 is 16.1 Å². The standard InChI is InChI=1S/C27H25N5O3S/c1-19-26(23-6-4-3-5-7-23)20(2)32(30-19)24-12-8-21(9-13-24)16-17-29-27(33)31-36(34,35)25-14-10-22(18-28)11-15-25/h3-15H,16-17H2,1-2H3,(H2,29,31,33). The lowest BCUT2D eigenvalue weighted by atomic mass is 10.0. The van der Waals surface area contributed by atoms with Crippen molar-refractivity contribution in [2.75, 3.05) is 6.54 Å². The molecule has 1 aromatic heterocycles. The van der Waals surface area contributed by atoms with E-state index in [-0.39, 0.29) is 11.4 Å². The third-order valence-corrected chi connectivity index (χ3v) is 7.10. The molecule has 2 amide bonds. The molecule has 4 aromatic rings. The highest BCUT2D eigenvalue weighted by molar-refractivity contribution is 7.90. The summed E-state index contributed by atoms with van der Waals surface area (Å²) in [6.45, 7) is 4.30. The summed E-state index contributed by atoms with van der Waals surface area (Å²) in [7, 11) is -4.02. The number of sulfonamides is 1. The van der Waals surface area contributed by atoms with E-state index >= 15 is 0 Å². The highest BCUT2D eigenvalue weighted by Gasteiger charge is 2.17. The van der Waals surface area contributed by atoms with Gasteiger partial charge < -0.3 is 5.32 Å². The zero-order chi connectivity index (χ0) is 25.7. The molecule has 8 nitrogen and oxygen atoms in total. The molecule has 0 aliphatic carbocycles. The molecule has 0 atom stereocenters. The minimum Gasteiger partial charge on any atom is -0.337 e. The van der Waals surface area contributed by atoms with Gasteiger partial charge >= 0.3 is 6.03 Å². The van der Waals surface area contributed by atoms with E-state index in [0.29, 0.717) is 12.0 Å².